The van der Waals surface area contributed by atoms with Crippen molar-refractivity contribution in [2.75, 3.05) is 30.4 Å². The van der Waals surface area contributed by atoms with Gasteiger partial charge in [-0.1, -0.05) is 0 Å². The number of likely N-dealkylation sites (N-methyl/N-ethyl adjacent to an activating group) is 1. The first-order valence-electron chi connectivity index (χ1n) is 8.37. The number of aromatic nitrogens is 1. The van der Waals surface area contributed by atoms with Gasteiger partial charge in [0.2, 0.25) is 5.91 Å². The predicted molar refractivity (Wildman–Crippen MR) is 90.9 cm³/mol. The van der Waals surface area contributed by atoms with Crippen molar-refractivity contribution in [2.24, 2.45) is 0 Å². The van der Waals surface area contributed by atoms with Crippen LogP contribution >= 0.6 is 0 Å². The van der Waals surface area contributed by atoms with Crippen molar-refractivity contribution in [3.05, 3.63) is 18.3 Å². The van der Waals surface area contributed by atoms with Crippen molar-refractivity contribution < 1.29 is 14.3 Å². The molecular weight excluding hydrogens is 308 g/mol. The van der Waals surface area contributed by atoms with E-state index in [0.29, 0.717) is 18.1 Å². The molecule has 1 aromatic rings. The van der Waals surface area contributed by atoms with Crippen LogP contribution in [0.3, 0.4) is 0 Å². The minimum Gasteiger partial charge on any atom is -0.365 e. The number of nitrogens with zero attached hydrogens (tertiary/aromatic N) is 3. The molecule has 0 aliphatic carbocycles. The van der Waals surface area contributed by atoms with Crippen molar-refractivity contribution in [1.82, 2.24) is 9.88 Å². The quantitative estimate of drug-likeness (QED) is 0.902. The van der Waals surface area contributed by atoms with E-state index in [1.165, 1.54) is 0 Å². The van der Waals surface area contributed by atoms with Crippen molar-refractivity contribution in [3.63, 3.8) is 0 Å². The number of hydrogen-bond donors (Lipinski definition) is 1. The fourth-order valence-electron chi connectivity index (χ4n) is 3.35. The molecule has 7 heteroatoms. The number of amides is 2. The molecule has 24 heavy (non-hydrogen) atoms. The average molecular weight is 332 g/mol. The van der Waals surface area contributed by atoms with Crippen molar-refractivity contribution in [1.29, 1.82) is 0 Å². The van der Waals surface area contributed by atoms with Crippen LogP contribution in [0.2, 0.25) is 0 Å². The number of hydrogen-bond acceptors (Lipinski definition) is 5. The summed E-state index contributed by atoms with van der Waals surface area (Å²) in [5.41, 5.74) is 0.632. The molecule has 2 amide bonds. The lowest BCUT2D eigenvalue weighted by Crippen LogP contribution is -2.54. The first-order valence-corrected chi connectivity index (χ1v) is 8.37. The van der Waals surface area contributed by atoms with Crippen LogP contribution in [0.25, 0.3) is 0 Å². The highest BCUT2D eigenvalue weighted by Gasteiger charge is 2.31. The highest BCUT2D eigenvalue weighted by atomic mass is 16.5. The van der Waals surface area contributed by atoms with Gasteiger partial charge in [0, 0.05) is 30.5 Å². The van der Waals surface area contributed by atoms with Crippen LogP contribution in [0, 0.1) is 0 Å². The number of pyridine rings is 1. The zero-order chi connectivity index (χ0) is 17.3. The van der Waals surface area contributed by atoms with Crippen LogP contribution in [0.1, 0.15) is 26.7 Å². The number of rotatable bonds is 3. The van der Waals surface area contributed by atoms with Crippen LogP contribution < -0.4 is 10.2 Å². The third-order valence-corrected chi connectivity index (χ3v) is 4.47. The fraction of sp³-hybridized carbons (Fsp3) is 0.588. The molecule has 3 atom stereocenters. The molecule has 2 aliphatic heterocycles. The third kappa shape index (κ3) is 3.57. The van der Waals surface area contributed by atoms with Crippen molar-refractivity contribution in [3.8, 4) is 0 Å². The molecular formula is C17H24N4O3. The number of carbonyl (C=O) groups excluding carboxylic acids is 2. The Morgan fingerprint density at radius 3 is 2.83 bits per heavy atom. The van der Waals surface area contributed by atoms with E-state index in [-0.39, 0.29) is 24.0 Å². The normalized spacial score (nSPS) is 28.2. The molecule has 0 radical (unpaired) electrons. The van der Waals surface area contributed by atoms with E-state index in [9.17, 15) is 9.59 Å². The van der Waals surface area contributed by atoms with Gasteiger partial charge in [-0.15, -0.1) is 0 Å². The second kappa shape index (κ2) is 6.86. The van der Waals surface area contributed by atoms with Crippen LogP contribution in [0.5, 0.6) is 0 Å². The van der Waals surface area contributed by atoms with Gasteiger partial charge in [-0.05, 0) is 39.8 Å². The van der Waals surface area contributed by atoms with Crippen LogP contribution in [0.15, 0.2) is 18.3 Å². The van der Waals surface area contributed by atoms with Gasteiger partial charge < -0.3 is 10.1 Å². The summed E-state index contributed by atoms with van der Waals surface area (Å²) in [6.07, 6.45) is 2.96. The van der Waals surface area contributed by atoms with Gasteiger partial charge in [0.25, 0.3) is 5.91 Å². The lowest BCUT2D eigenvalue weighted by atomic mass is 10.2. The van der Waals surface area contributed by atoms with Gasteiger partial charge in [-0.2, -0.15) is 0 Å². The molecule has 1 aromatic heterocycles. The Labute approximate surface area is 142 Å². The summed E-state index contributed by atoms with van der Waals surface area (Å²) in [6.45, 7) is 5.13. The van der Waals surface area contributed by atoms with E-state index in [0.717, 1.165) is 19.4 Å². The third-order valence-electron chi connectivity index (χ3n) is 4.47. The average Bonchev–Trinajstić information content (AvgIpc) is 2.93. The van der Waals surface area contributed by atoms with Crippen LogP contribution in [-0.2, 0) is 14.3 Å². The predicted octanol–water partition coefficient (Wildman–Crippen LogP) is 1.25. The lowest BCUT2D eigenvalue weighted by Gasteiger charge is -2.37. The minimum absolute atomic E-state index is 0.0141. The number of carbonyl (C=O) groups is 2. The molecule has 7 nitrogen and oxygen atoms in total. The highest BCUT2D eigenvalue weighted by molar-refractivity contribution is 5.97. The zero-order valence-corrected chi connectivity index (χ0v) is 14.4. The number of nitrogens with one attached hydrogen (secondary N) is 1. The Balaban J connectivity index is 1.72. The summed E-state index contributed by atoms with van der Waals surface area (Å²) >= 11 is 0. The van der Waals surface area contributed by atoms with E-state index in [1.54, 1.807) is 23.2 Å². The molecule has 130 valence electrons. The van der Waals surface area contributed by atoms with E-state index in [1.807, 2.05) is 25.8 Å². The van der Waals surface area contributed by atoms with E-state index in [4.69, 9.17) is 4.74 Å². The largest absolute Gasteiger partial charge is 0.365 e. The molecule has 2 fully saturated rings. The number of ether oxygens (including phenoxy) is 1. The molecule has 2 aliphatic rings. The number of piperazine rings is 1. The molecule has 2 saturated heterocycles. The van der Waals surface area contributed by atoms with Gasteiger partial charge in [0.05, 0.1) is 12.6 Å². The Morgan fingerprint density at radius 1 is 1.38 bits per heavy atom. The van der Waals surface area contributed by atoms with Gasteiger partial charge in [0.15, 0.2) is 0 Å². The molecule has 1 N–H and O–H groups in total. The first-order chi connectivity index (χ1) is 11.4. The molecule has 3 unspecified atom stereocenters. The molecule has 0 aromatic carbocycles. The van der Waals surface area contributed by atoms with E-state index < -0.39 is 6.10 Å². The maximum atomic E-state index is 12.3. The van der Waals surface area contributed by atoms with E-state index >= 15 is 0 Å². The molecule has 3 heterocycles. The molecule has 3 rings (SSSR count). The Morgan fingerprint density at radius 2 is 2.17 bits per heavy atom. The lowest BCUT2D eigenvalue weighted by molar-refractivity contribution is -0.126. The Bertz CT molecular complexity index is 636. The summed E-state index contributed by atoms with van der Waals surface area (Å²) < 4.78 is 5.59. The number of anilines is 2. The van der Waals surface area contributed by atoms with Gasteiger partial charge in [-0.3, -0.25) is 19.4 Å². The summed E-state index contributed by atoms with van der Waals surface area (Å²) in [7, 11) is 1.93. The maximum Gasteiger partial charge on any atom is 0.253 e. The highest BCUT2D eigenvalue weighted by Crippen LogP contribution is 2.24. The standard InChI is InChI=1S/C17H24N4O3/c1-11-9-20(3)10-16(22)21(11)15-8-13(6-7-18-15)19-17(23)14-5-4-12(2)24-14/h6-8,11-12,14H,4-5,9-10H2,1-3H3,(H,18,19,23). The summed E-state index contributed by atoms with van der Waals surface area (Å²) in [6, 6.07) is 3.51. The van der Waals surface area contributed by atoms with E-state index in [2.05, 4.69) is 10.3 Å². The summed E-state index contributed by atoms with van der Waals surface area (Å²) in [5, 5.41) is 2.87. The fourth-order valence-corrected chi connectivity index (χ4v) is 3.35. The van der Waals surface area contributed by atoms with Crippen LogP contribution in [-0.4, -0.2) is 60.1 Å². The van der Waals surface area contributed by atoms with Gasteiger partial charge in [0.1, 0.15) is 11.9 Å². The minimum atomic E-state index is -0.402. The summed E-state index contributed by atoms with van der Waals surface area (Å²) in [4.78, 5) is 32.6. The second-order valence-corrected chi connectivity index (χ2v) is 6.71. The SMILES string of the molecule is CC1CCC(C(=O)Nc2ccnc(N3C(=O)CN(C)CC3C)c2)O1. The van der Waals surface area contributed by atoms with Gasteiger partial charge in [-0.25, -0.2) is 4.98 Å². The van der Waals surface area contributed by atoms with Crippen LogP contribution in [0.4, 0.5) is 11.5 Å². The molecule has 0 bridgehead atoms. The second-order valence-electron chi connectivity index (χ2n) is 6.71. The maximum absolute atomic E-state index is 12.3. The monoisotopic (exact) mass is 332 g/mol. The topological polar surface area (TPSA) is 74.8 Å². The molecule has 0 saturated carbocycles. The summed E-state index contributed by atoms with van der Waals surface area (Å²) in [5.74, 6) is 0.438. The molecule has 0 spiro atoms. The first kappa shape index (κ1) is 16.9. The van der Waals surface area contributed by atoms with Gasteiger partial charge >= 0.3 is 0 Å². The van der Waals surface area contributed by atoms with Crippen molar-refractivity contribution >= 4 is 23.3 Å². The smallest absolute Gasteiger partial charge is 0.253 e. The van der Waals surface area contributed by atoms with Crippen molar-refractivity contribution in [2.45, 2.75) is 44.9 Å². The zero-order valence-electron chi connectivity index (χ0n) is 14.4. The Hall–Kier alpha value is -1.99. The Kier molecular flexibility index (Phi) is 4.82.